The Bertz CT molecular complexity index is 593. The van der Waals surface area contributed by atoms with Crippen LogP contribution < -0.4 is 10.6 Å². The van der Waals surface area contributed by atoms with E-state index in [-0.39, 0.29) is 0 Å². The Hall–Kier alpha value is -1.36. The van der Waals surface area contributed by atoms with Gasteiger partial charge in [-0.05, 0) is 42.5 Å². The van der Waals surface area contributed by atoms with Gasteiger partial charge in [-0.3, -0.25) is 0 Å². The third-order valence-electron chi connectivity index (χ3n) is 4.34. The monoisotopic (exact) mass is 290 g/mol. The summed E-state index contributed by atoms with van der Waals surface area (Å²) >= 11 is 1.63. The van der Waals surface area contributed by atoms with Gasteiger partial charge in [0.25, 0.3) is 0 Å². The molecule has 0 amide bonds. The van der Waals surface area contributed by atoms with Crippen LogP contribution in [0.2, 0.25) is 0 Å². The van der Waals surface area contributed by atoms with Crippen molar-refractivity contribution >= 4 is 33.3 Å². The molecule has 1 aliphatic rings. The lowest BCUT2D eigenvalue weighted by Gasteiger charge is -2.23. The predicted molar refractivity (Wildman–Crippen MR) is 86.2 cm³/mol. The van der Waals surface area contributed by atoms with E-state index in [4.69, 9.17) is 5.73 Å². The van der Waals surface area contributed by atoms with E-state index < -0.39 is 0 Å². The van der Waals surface area contributed by atoms with Crippen molar-refractivity contribution in [2.24, 2.45) is 11.8 Å². The number of aromatic nitrogens is 2. The predicted octanol–water partition coefficient (Wildman–Crippen LogP) is 3.54. The Morgan fingerprint density at radius 2 is 2.15 bits per heavy atom. The molecule has 2 aromatic rings. The molecular formula is C15H22N4S. The highest BCUT2D eigenvalue weighted by atomic mass is 32.1. The number of hydrogen-bond acceptors (Lipinski definition) is 5. The lowest BCUT2D eigenvalue weighted by atomic mass is 9.89. The summed E-state index contributed by atoms with van der Waals surface area (Å²) in [6, 6.07) is 2.11. The molecule has 1 unspecified atom stereocenters. The largest absolute Gasteiger partial charge is 0.368 e. The van der Waals surface area contributed by atoms with E-state index in [1.807, 2.05) is 0 Å². The number of anilines is 2. The van der Waals surface area contributed by atoms with Gasteiger partial charge in [0, 0.05) is 13.1 Å². The topological polar surface area (TPSA) is 55.0 Å². The van der Waals surface area contributed by atoms with Crippen LogP contribution in [0.5, 0.6) is 0 Å². The number of rotatable bonds is 2. The van der Waals surface area contributed by atoms with Crippen molar-refractivity contribution < 1.29 is 0 Å². The van der Waals surface area contributed by atoms with Gasteiger partial charge >= 0.3 is 0 Å². The molecule has 20 heavy (non-hydrogen) atoms. The Labute approximate surface area is 124 Å². The fourth-order valence-corrected chi connectivity index (χ4v) is 3.86. The normalized spacial score (nSPS) is 20.6. The van der Waals surface area contributed by atoms with Gasteiger partial charge in [-0.1, -0.05) is 13.8 Å². The van der Waals surface area contributed by atoms with E-state index >= 15 is 0 Å². The van der Waals surface area contributed by atoms with Gasteiger partial charge in [-0.25, -0.2) is 4.98 Å². The van der Waals surface area contributed by atoms with Crippen LogP contribution in [-0.2, 0) is 0 Å². The van der Waals surface area contributed by atoms with Crippen molar-refractivity contribution in [1.29, 1.82) is 0 Å². The highest BCUT2D eigenvalue weighted by molar-refractivity contribution is 7.16. The summed E-state index contributed by atoms with van der Waals surface area (Å²) in [5, 5.41) is 3.21. The Morgan fingerprint density at radius 3 is 2.95 bits per heavy atom. The summed E-state index contributed by atoms with van der Waals surface area (Å²) in [4.78, 5) is 12.2. The maximum atomic E-state index is 5.86. The van der Waals surface area contributed by atoms with Gasteiger partial charge in [0.05, 0.1) is 5.39 Å². The first kappa shape index (κ1) is 13.6. The summed E-state index contributed by atoms with van der Waals surface area (Å²) in [6.45, 7) is 6.81. The molecule has 3 heterocycles. The number of nitrogens with zero attached hydrogens (tertiary/aromatic N) is 3. The zero-order valence-corrected chi connectivity index (χ0v) is 13.0. The van der Waals surface area contributed by atoms with E-state index in [0.29, 0.717) is 5.95 Å². The first-order valence-electron chi connectivity index (χ1n) is 7.41. The third-order valence-corrected chi connectivity index (χ3v) is 5.14. The van der Waals surface area contributed by atoms with Gasteiger partial charge in [0.15, 0.2) is 0 Å². The molecule has 108 valence electrons. The van der Waals surface area contributed by atoms with E-state index in [1.165, 1.54) is 19.3 Å². The summed E-state index contributed by atoms with van der Waals surface area (Å²) in [6.07, 6.45) is 3.80. The van der Waals surface area contributed by atoms with Crippen LogP contribution in [0.1, 0.15) is 33.1 Å². The lowest BCUT2D eigenvalue weighted by Crippen LogP contribution is -2.26. The van der Waals surface area contributed by atoms with E-state index in [1.54, 1.807) is 11.3 Å². The maximum absolute atomic E-state index is 5.86. The smallest absolute Gasteiger partial charge is 0.223 e. The quantitative estimate of drug-likeness (QED) is 0.919. The molecule has 2 N–H and O–H groups in total. The van der Waals surface area contributed by atoms with Gasteiger partial charge < -0.3 is 10.6 Å². The molecule has 5 heteroatoms. The van der Waals surface area contributed by atoms with Gasteiger partial charge in [-0.15, -0.1) is 11.3 Å². The molecular weight excluding hydrogens is 268 g/mol. The zero-order chi connectivity index (χ0) is 14.1. The highest BCUT2D eigenvalue weighted by Crippen LogP contribution is 2.32. The second-order valence-corrected chi connectivity index (χ2v) is 6.86. The number of fused-ring (bicyclic) bond motifs is 1. The SMILES string of the molecule is CC(C)C1CCCN(c2nc(N)nc3sccc23)CC1. The third kappa shape index (κ3) is 2.59. The van der Waals surface area contributed by atoms with Crippen molar-refractivity contribution in [3.8, 4) is 0 Å². The van der Waals surface area contributed by atoms with Crippen LogP contribution in [0.25, 0.3) is 10.2 Å². The summed E-state index contributed by atoms with van der Waals surface area (Å²) in [7, 11) is 0. The van der Waals surface area contributed by atoms with E-state index in [0.717, 1.165) is 41.0 Å². The number of hydrogen-bond donors (Lipinski definition) is 1. The molecule has 0 bridgehead atoms. The van der Waals surface area contributed by atoms with Crippen molar-refractivity contribution in [2.45, 2.75) is 33.1 Å². The molecule has 1 aliphatic heterocycles. The van der Waals surface area contributed by atoms with Crippen LogP contribution in [0.15, 0.2) is 11.4 Å². The lowest BCUT2D eigenvalue weighted by molar-refractivity contribution is 0.351. The van der Waals surface area contributed by atoms with E-state index in [2.05, 4.69) is 40.2 Å². The summed E-state index contributed by atoms with van der Waals surface area (Å²) < 4.78 is 0. The minimum Gasteiger partial charge on any atom is -0.368 e. The average molecular weight is 290 g/mol. The molecule has 0 aliphatic carbocycles. The number of thiophene rings is 1. The number of nitrogen functional groups attached to an aromatic ring is 1. The molecule has 2 aromatic heterocycles. The van der Waals surface area contributed by atoms with Crippen molar-refractivity contribution in [1.82, 2.24) is 9.97 Å². The van der Waals surface area contributed by atoms with Crippen LogP contribution in [0.4, 0.5) is 11.8 Å². The minimum atomic E-state index is 0.389. The Morgan fingerprint density at radius 1 is 1.30 bits per heavy atom. The molecule has 0 radical (unpaired) electrons. The van der Waals surface area contributed by atoms with Gasteiger partial charge in [0.2, 0.25) is 5.95 Å². The molecule has 0 aromatic carbocycles. The molecule has 1 atom stereocenters. The summed E-state index contributed by atoms with van der Waals surface area (Å²) in [5.74, 6) is 3.02. The molecule has 0 saturated carbocycles. The van der Waals surface area contributed by atoms with Crippen molar-refractivity contribution in [3.05, 3.63) is 11.4 Å². The molecule has 1 saturated heterocycles. The summed E-state index contributed by atoms with van der Waals surface area (Å²) in [5.41, 5.74) is 5.86. The first-order valence-corrected chi connectivity index (χ1v) is 8.29. The zero-order valence-electron chi connectivity index (χ0n) is 12.2. The minimum absolute atomic E-state index is 0.389. The highest BCUT2D eigenvalue weighted by Gasteiger charge is 2.22. The fourth-order valence-electron chi connectivity index (χ4n) is 3.10. The van der Waals surface area contributed by atoms with Crippen LogP contribution >= 0.6 is 11.3 Å². The Kier molecular flexibility index (Phi) is 3.78. The van der Waals surface area contributed by atoms with Gasteiger partial charge in [-0.2, -0.15) is 4.98 Å². The second-order valence-electron chi connectivity index (χ2n) is 5.97. The van der Waals surface area contributed by atoms with Gasteiger partial charge in [0.1, 0.15) is 10.6 Å². The maximum Gasteiger partial charge on any atom is 0.223 e. The molecule has 3 rings (SSSR count). The first-order chi connectivity index (χ1) is 9.65. The van der Waals surface area contributed by atoms with Crippen molar-refractivity contribution in [3.63, 3.8) is 0 Å². The molecule has 4 nitrogen and oxygen atoms in total. The van der Waals surface area contributed by atoms with Crippen LogP contribution in [0.3, 0.4) is 0 Å². The second kappa shape index (κ2) is 5.56. The molecule has 1 fully saturated rings. The van der Waals surface area contributed by atoms with Crippen LogP contribution in [-0.4, -0.2) is 23.1 Å². The standard InChI is InChI=1S/C15H22N4S/c1-10(2)11-4-3-7-19(8-5-11)13-12-6-9-20-14(12)18-15(16)17-13/h6,9-11H,3-5,7-8H2,1-2H3,(H2,16,17,18). The van der Waals surface area contributed by atoms with Crippen molar-refractivity contribution in [2.75, 3.05) is 23.7 Å². The Balaban J connectivity index is 1.89. The fraction of sp³-hybridized carbons (Fsp3) is 0.600. The van der Waals surface area contributed by atoms with Crippen LogP contribution in [0, 0.1) is 11.8 Å². The van der Waals surface area contributed by atoms with E-state index in [9.17, 15) is 0 Å². The molecule has 0 spiro atoms. The number of nitrogens with two attached hydrogens (primary N) is 1. The average Bonchev–Trinajstić information content (AvgIpc) is 2.73.